The third-order valence-corrected chi connectivity index (χ3v) is 2.98. The topological polar surface area (TPSA) is 21.3 Å². The molecule has 0 unspecified atom stereocenters. The van der Waals surface area contributed by atoms with Crippen molar-refractivity contribution in [3.05, 3.63) is 65.5 Å². The van der Waals surface area contributed by atoms with Crippen molar-refractivity contribution in [2.45, 2.75) is 12.5 Å². The molecular formula is C16H16F3NO. The third kappa shape index (κ3) is 3.98. The van der Waals surface area contributed by atoms with E-state index in [0.717, 1.165) is 5.56 Å². The van der Waals surface area contributed by atoms with Crippen LogP contribution >= 0.6 is 0 Å². The lowest BCUT2D eigenvalue weighted by Gasteiger charge is -2.18. The Bertz CT molecular complexity index is 587. The van der Waals surface area contributed by atoms with E-state index in [0.29, 0.717) is 6.54 Å². The van der Waals surface area contributed by atoms with E-state index >= 15 is 0 Å². The van der Waals surface area contributed by atoms with Crippen LogP contribution in [0.3, 0.4) is 0 Å². The van der Waals surface area contributed by atoms with E-state index in [4.69, 9.17) is 4.74 Å². The van der Waals surface area contributed by atoms with Crippen molar-refractivity contribution in [3.63, 3.8) is 0 Å². The number of nitrogens with one attached hydrogen (secondary N) is 1. The van der Waals surface area contributed by atoms with E-state index < -0.39 is 18.3 Å². The molecular weight excluding hydrogens is 279 g/mol. The monoisotopic (exact) mass is 295 g/mol. The van der Waals surface area contributed by atoms with Crippen molar-refractivity contribution in [2.75, 3.05) is 13.7 Å². The van der Waals surface area contributed by atoms with Crippen LogP contribution in [0, 0.1) is 5.82 Å². The molecule has 0 aliphatic carbocycles. The molecule has 0 atom stereocenters. The molecule has 0 amide bonds. The molecule has 0 fully saturated rings. The van der Waals surface area contributed by atoms with E-state index in [-0.39, 0.29) is 11.3 Å². The molecule has 0 heterocycles. The SMILES string of the molecule is CNCc1ccc(OCC(F)(F)c2ccccc2)c(F)c1. The van der Waals surface area contributed by atoms with Gasteiger partial charge in [-0.1, -0.05) is 36.4 Å². The van der Waals surface area contributed by atoms with Gasteiger partial charge in [0.25, 0.3) is 0 Å². The van der Waals surface area contributed by atoms with Gasteiger partial charge in [0.2, 0.25) is 0 Å². The zero-order chi connectivity index (χ0) is 15.3. The summed E-state index contributed by atoms with van der Waals surface area (Å²) in [7, 11) is 1.74. The molecule has 0 radical (unpaired) electrons. The minimum atomic E-state index is -3.17. The normalized spacial score (nSPS) is 11.4. The van der Waals surface area contributed by atoms with Crippen LogP contribution in [0.2, 0.25) is 0 Å². The Morgan fingerprint density at radius 3 is 2.43 bits per heavy atom. The molecule has 5 heteroatoms. The van der Waals surface area contributed by atoms with Gasteiger partial charge in [0.05, 0.1) is 0 Å². The van der Waals surface area contributed by atoms with Crippen LogP contribution in [0.15, 0.2) is 48.5 Å². The summed E-state index contributed by atoms with van der Waals surface area (Å²) < 4.78 is 46.5. The average molecular weight is 295 g/mol. The first-order chi connectivity index (χ1) is 10.0. The Morgan fingerprint density at radius 1 is 1.10 bits per heavy atom. The van der Waals surface area contributed by atoms with Crippen LogP contribution in [0.25, 0.3) is 0 Å². The third-order valence-electron chi connectivity index (χ3n) is 2.98. The summed E-state index contributed by atoms with van der Waals surface area (Å²) in [4.78, 5) is 0. The van der Waals surface area contributed by atoms with Gasteiger partial charge in [-0.25, -0.2) is 4.39 Å². The minimum Gasteiger partial charge on any atom is -0.484 e. The van der Waals surface area contributed by atoms with Gasteiger partial charge in [-0.05, 0) is 24.7 Å². The maximum atomic E-state index is 13.9. The summed E-state index contributed by atoms with van der Waals surface area (Å²) in [6.07, 6.45) is 0. The van der Waals surface area contributed by atoms with E-state index in [1.807, 2.05) is 0 Å². The Hall–Kier alpha value is -2.01. The number of hydrogen-bond donors (Lipinski definition) is 1. The summed E-state index contributed by atoms with van der Waals surface area (Å²) >= 11 is 0. The molecule has 2 nitrogen and oxygen atoms in total. The second-order valence-corrected chi connectivity index (χ2v) is 4.65. The number of halogens is 3. The highest BCUT2D eigenvalue weighted by Gasteiger charge is 2.32. The first kappa shape index (κ1) is 15.4. The minimum absolute atomic E-state index is 0.155. The van der Waals surface area contributed by atoms with Crippen molar-refractivity contribution in [1.82, 2.24) is 5.32 Å². The van der Waals surface area contributed by atoms with Crippen molar-refractivity contribution < 1.29 is 17.9 Å². The van der Waals surface area contributed by atoms with Gasteiger partial charge in [0, 0.05) is 12.1 Å². The van der Waals surface area contributed by atoms with Crippen molar-refractivity contribution >= 4 is 0 Å². The second-order valence-electron chi connectivity index (χ2n) is 4.65. The van der Waals surface area contributed by atoms with Crippen molar-refractivity contribution in [3.8, 4) is 5.75 Å². The van der Waals surface area contributed by atoms with Gasteiger partial charge in [-0.3, -0.25) is 0 Å². The molecule has 0 bridgehead atoms. The van der Waals surface area contributed by atoms with E-state index in [1.54, 1.807) is 19.2 Å². The van der Waals surface area contributed by atoms with E-state index in [2.05, 4.69) is 5.32 Å². The number of benzene rings is 2. The summed E-state index contributed by atoms with van der Waals surface area (Å²) in [6, 6.07) is 11.6. The predicted octanol–water partition coefficient (Wildman–Crippen LogP) is 3.72. The summed E-state index contributed by atoms with van der Waals surface area (Å²) in [5.41, 5.74) is 0.564. The highest BCUT2D eigenvalue weighted by Crippen LogP contribution is 2.29. The van der Waals surface area contributed by atoms with Gasteiger partial charge in [0.1, 0.15) is 0 Å². The Balaban J connectivity index is 2.06. The fraction of sp³-hybridized carbons (Fsp3) is 0.250. The van der Waals surface area contributed by atoms with Crippen molar-refractivity contribution in [1.29, 1.82) is 0 Å². The molecule has 0 aliphatic rings. The van der Waals surface area contributed by atoms with Gasteiger partial charge in [0.15, 0.2) is 18.2 Å². The average Bonchev–Trinajstić information content (AvgIpc) is 2.48. The lowest BCUT2D eigenvalue weighted by molar-refractivity contribution is -0.0475. The largest absolute Gasteiger partial charge is 0.484 e. The smallest absolute Gasteiger partial charge is 0.306 e. The molecule has 2 aromatic carbocycles. The van der Waals surface area contributed by atoms with Crippen LogP contribution in [0.1, 0.15) is 11.1 Å². The number of rotatable bonds is 6. The molecule has 112 valence electrons. The Labute approximate surface area is 121 Å². The Morgan fingerprint density at radius 2 is 1.81 bits per heavy atom. The molecule has 0 spiro atoms. The highest BCUT2D eigenvalue weighted by atomic mass is 19.3. The van der Waals surface area contributed by atoms with Gasteiger partial charge >= 0.3 is 5.92 Å². The maximum Gasteiger partial charge on any atom is 0.306 e. The second kappa shape index (κ2) is 6.63. The first-order valence-electron chi connectivity index (χ1n) is 6.52. The van der Waals surface area contributed by atoms with Crippen LogP contribution in [-0.4, -0.2) is 13.7 Å². The van der Waals surface area contributed by atoms with Crippen LogP contribution < -0.4 is 10.1 Å². The molecule has 2 rings (SSSR count). The first-order valence-corrected chi connectivity index (χ1v) is 6.52. The molecule has 0 aromatic heterocycles. The van der Waals surface area contributed by atoms with Gasteiger partial charge in [-0.2, -0.15) is 8.78 Å². The standard InChI is InChI=1S/C16H16F3NO/c1-20-10-12-7-8-15(14(17)9-12)21-11-16(18,19)13-5-3-2-4-6-13/h2-9,20H,10-11H2,1H3. The molecule has 21 heavy (non-hydrogen) atoms. The van der Waals surface area contributed by atoms with Crippen LogP contribution in [0.4, 0.5) is 13.2 Å². The predicted molar refractivity (Wildman–Crippen MR) is 75.0 cm³/mol. The zero-order valence-corrected chi connectivity index (χ0v) is 11.6. The fourth-order valence-corrected chi connectivity index (χ4v) is 1.91. The lowest BCUT2D eigenvalue weighted by Crippen LogP contribution is -2.23. The van der Waals surface area contributed by atoms with Crippen molar-refractivity contribution in [2.24, 2.45) is 0 Å². The summed E-state index contributed by atoms with van der Waals surface area (Å²) in [6.45, 7) is -0.406. The zero-order valence-electron chi connectivity index (χ0n) is 11.6. The molecule has 0 aliphatic heterocycles. The summed E-state index contributed by atoms with van der Waals surface area (Å²) in [5.74, 6) is -3.99. The van der Waals surface area contributed by atoms with Crippen LogP contribution in [0.5, 0.6) is 5.75 Å². The molecule has 2 aromatic rings. The van der Waals surface area contributed by atoms with Crippen LogP contribution in [-0.2, 0) is 12.5 Å². The van der Waals surface area contributed by atoms with Gasteiger partial charge < -0.3 is 10.1 Å². The Kier molecular flexibility index (Phi) is 4.85. The number of ether oxygens (including phenoxy) is 1. The van der Waals surface area contributed by atoms with E-state index in [9.17, 15) is 13.2 Å². The lowest BCUT2D eigenvalue weighted by atomic mass is 10.1. The fourth-order valence-electron chi connectivity index (χ4n) is 1.91. The maximum absolute atomic E-state index is 13.9. The number of hydrogen-bond acceptors (Lipinski definition) is 2. The number of alkyl halides is 2. The molecule has 1 N–H and O–H groups in total. The quantitative estimate of drug-likeness (QED) is 0.877. The highest BCUT2D eigenvalue weighted by molar-refractivity contribution is 5.29. The van der Waals surface area contributed by atoms with E-state index in [1.165, 1.54) is 36.4 Å². The molecule has 0 saturated carbocycles. The van der Waals surface area contributed by atoms with Gasteiger partial charge in [-0.15, -0.1) is 0 Å². The summed E-state index contributed by atoms with van der Waals surface area (Å²) in [5, 5.41) is 2.88. The molecule has 0 saturated heterocycles.